The first-order chi connectivity index (χ1) is 13.3. The molecule has 7 heteroatoms. The Labute approximate surface area is 170 Å². The van der Waals surface area contributed by atoms with Crippen LogP contribution >= 0.6 is 11.8 Å². The number of aryl methyl sites for hydroxylation is 1. The third-order valence-corrected chi connectivity index (χ3v) is 8.75. The second-order valence-electron chi connectivity index (χ2n) is 7.12. The Hall–Kier alpha value is -1.83. The summed E-state index contributed by atoms with van der Waals surface area (Å²) in [6, 6.07) is 15.3. The topological polar surface area (TPSA) is 74.7 Å². The van der Waals surface area contributed by atoms with Gasteiger partial charge >= 0.3 is 5.97 Å². The van der Waals surface area contributed by atoms with Crippen molar-refractivity contribution in [3.05, 3.63) is 60.2 Å². The Morgan fingerprint density at radius 2 is 1.71 bits per heavy atom. The van der Waals surface area contributed by atoms with E-state index >= 15 is 0 Å². The van der Waals surface area contributed by atoms with Crippen molar-refractivity contribution in [1.82, 2.24) is 4.31 Å². The van der Waals surface area contributed by atoms with Gasteiger partial charge in [0, 0.05) is 22.2 Å². The molecule has 0 unspecified atom stereocenters. The highest BCUT2D eigenvalue weighted by atomic mass is 32.2. The number of hydrogen-bond acceptors (Lipinski definition) is 4. The molecular formula is C21H25NO4S2. The monoisotopic (exact) mass is 419 g/mol. The molecule has 1 aliphatic heterocycles. The molecule has 3 rings (SSSR count). The number of carboxylic acid groups (broad SMARTS) is 1. The molecular weight excluding hydrogens is 394 g/mol. The van der Waals surface area contributed by atoms with Gasteiger partial charge in [0.1, 0.15) is 0 Å². The van der Waals surface area contributed by atoms with E-state index in [1.165, 1.54) is 16.1 Å². The Kier molecular flexibility index (Phi) is 6.17. The van der Waals surface area contributed by atoms with Gasteiger partial charge in [-0.1, -0.05) is 42.8 Å². The molecule has 1 N–H and O–H groups in total. The summed E-state index contributed by atoms with van der Waals surface area (Å²) in [5.74, 6) is -1.74. The zero-order chi connectivity index (χ0) is 20.5. The van der Waals surface area contributed by atoms with Gasteiger partial charge in [0.05, 0.1) is 10.8 Å². The summed E-state index contributed by atoms with van der Waals surface area (Å²) in [7, 11) is -3.80. The molecule has 2 aromatic carbocycles. The number of nitrogens with zero attached hydrogens (tertiary/aromatic N) is 1. The smallest absolute Gasteiger partial charge is 0.309 e. The van der Waals surface area contributed by atoms with Crippen LogP contribution in [0.15, 0.2) is 64.4 Å². The first-order valence-electron chi connectivity index (χ1n) is 9.32. The van der Waals surface area contributed by atoms with Gasteiger partial charge in [-0.25, -0.2) is 8.42 Å². The van der Waals surface area contributed by atoms with Crippen molar-refractivity contribution in [1.29, 1.82) is 0 Å². The van der Waals surface area contributed by atoms with Crippen LogP contribution in [-0.2, 0) is 14.8 Å². The molecule has 2 aromatic rings. The van der Waals surface area contributed by atoms with Gasteiger partial charge in [-0.2, -0.15) is 4.31 Å². The van der Waals surface area contributed by atoms with Crippen LogP contribution in [0.25, 0.3) is 0 Å². The van der Waals surface area contributed by atoms with E-state index in [9.17, 15) is 18.3 Å². The maximum Gasteiger partial charge on any atom is 0.309 e. The average Bonchev–Trinajstić information content (AvgIpc) is 2.94. The molecule has 0 amide bonds. The lowest BCUT2D eigenvalue weighted by atomic mass is 9.99. The minimum atomic E-state index is -3.80. The predicted octanol–water partition coefficient (Wildman–Crippen LogP) is 4.03. The van der Waals surface area contributed by atoms with Crippen molar-refractivity contribution >= 4 is 27.8 Å². The van der Waals surface area contributed by atoms with E-state index in [4.69, 9.17) is 0 Å². The lowest BCUT2D eigenvalue weighted by molar-refractivity contribution is -0.141. The molecule has 5 nitrogen and oxygen atoms in total. The minimum Gasteiger partial charge on any atom is -0.481 e. The van der Waals surface area contributed by atoms with Crippen LogP contribution in [0.1, 0.15) is 25.8 Å². The molecule has 1 saturated heterocycles. The van der Waals surface area contributed by atoms with Crippen LogP contribution in [0.4, 0.5) is 0 Å². The number of aliphatic carboxylic acids is 1. The Morgan fingerprint density at radius 1 is 1.11 bits per heavy atom. The minimum absolute atomic E-state index is 0.206. The van der Waals surface area contributed by atoms with Crippen molar-refractivity contribution in [2.24, 2.45) is 5.92 Å². The number of carbonyl (C=O) groups is 1. The molecule has 0 radical (unpaired) electrons. The van der Waals surface area contributed by atoms with Gasteiger partial charge in [0.25, 0.3) is 0 Å². The lowest BCUT2D eigenvalue weighted by Gasteiger charge is -2.28. The van der Waals surface area contributed by atoms with Gasteiger partial charge in [-0.15, -0.1) is 11.8 Å². The van der Waals surface area contributed by atoms with Crippen LogP contribution < -0.4 is 0 Å². The summed E-state index contributed by atoms with van der Waals surface area (Å²) in [6.07, 6.45) is 0.545. The summed E-state index contributed by atoms with van der Waals surface area (Å²) >= 11 is 1.45. The molecule has 0 saturated carbocycles. The van der Waals surface area contributed by atoms with E-state index in [1.807, 2.05) is 44.2 Å². The summed E-state index contributed by atoms with van der Waals surface area (Å²) in [6.45, 7) is 5.52. The Balaban J connectivity index is 2.03. The van der Waals surface area contributed by atoms with E-state index in [1.54, 1.807) is 31.2 Å². The van der Waals surface area contributed by atoms with Gasteiger partial charge in [-0.3, -0.25) is 4.79 Å². The summed E-state index contributed by atoms with van der Waals surface area (Å²) in [4.78, 5) is 13.2. The quantitative estimate of drug-likeness (QED) is 0.765. The van der Waals surface area contributed by atoms with Crippen molar-refractivity contribution in [2.45, 2.75) is 54.3 Å². The van der Waals surface area contributed by atoms with Crippen molar-refractivity contribution in [3.8, 4) is 0 Å². The van der Waals surface area contributed by atoms with E-state index < -0.39 is 34.0 Å². The highest BCUT2D eigenvalue weighted by Crippen LogP contribution is 2.45. The van der Waals surface area contributed by atoms with Crippen LogP contribution in [0, 0.1) is 12.8 Å². The summed E-state index contributed by atoms with van der Waals surface area (Å²) in [5.41, 5.74) is 0.974. The largest absolute Gasteiger partial charge is 0.481 e. The number of rotatable bonds is 6. The van der Waals surface area contributed by atoms with E-state index in [2.05, 4.69) is 0 Å². The highest BCUT2D eigenvalue weighted by Gasteiger charge is 2.54. The second-order valence-corrected chi connectivity index (χ2v) is 10.2. The fourth-order valence-electron chi connectivity index (χ4n) is 3.92. The average molecular weight is 420 g/mol. The predicted molar refractivity (Wildman–Crippen MR) is 111 cm³/mol. The second kappa shape index (κ2) is 8.27. The standard InChI is InChI=1S/C21H25NO4S2/c1-4-18-20(27-16-8-6-5-7-9-16)19(21(23)24)15(3)22(18)28(25,26)17-12-10-14(2)11-13-17/h5-13,15,18-20H,4H2,1-3H3,(H,23,24)/t15-,18+,19-,20+/m1/s1. The molecule has 0 aromatic heterocycles. The Morgan fingerprint density at radius 3 is 2.25 bits per heavy atom. The summed E-state index contributed by atoms with van der Waals surface area (Å²) in [5, 5.41) is 9.54. The third kappa shape index (κ3) is 3.83. The number of hydrogen-bond donors (Lipinski definition) is 1. The molecule has 28 heavy (non-hydrogen) atoms. The zero-order valence-electron chi connectivity index (χ0n) is 16.1. The molecule has 150 valence electrons. The summed E-state index contributed by atoms with van der Waals surface area (Å²) < 4.78 is 28.3. The number of thioether (sulfide) groups is 1. The molecule has 0 spiro atoms. The lowest BCUT2D eigenvalue weighted by Crippen LogP contribution is -2.42. The SMILES string of the molecule is CC[C@H]1[C@H](Sc2ccccc2)[C@H](C(=O)O)[C@@H](C)N1S(=O)(=O)c1ccc(C)cc1. The number of carboxylic acids is 1. The highest BCUT2D eigenvalue weighted by molar-refractivity contribution is 8.00. The van der Waals surface area contributed by atoms with Gasteiger partial charge < -0.3 is 5.11 Å². The maximum atomic E-state index is 13.4. The van der Waals surface area contributed by atoms with Gasteiger partial charge in [0.2, 0.25) is 10.0 Å². The maximum absolute atomic E-state index is 13.4. The molecule has 1 heterocycles. The Bertz CT molecular complexity index is 929. The third-order valence-electron chi connectivity index (χ3n) is 5.30. The van der Waals surface area contributed by atoms with Crippen molar-refractivity contribution < 1.29 is 18.3 Å². The van der Waals surface area contributed by atoms with Crippen LogP contribution in [0.3, 0.4) is 0 Å². The first kappa shape index (κ1) is 20.9. The van der Waals surface area contributed by atoms with Gasteiger partial charge in [-0.05, 0) is 44.5 Å². The van der Waals surface area contributed by atoms with E-state index in [0.717, 1.165) is 10.5 Å². The zero-order valence-corrected chi connectivity index (χ0v) is 17.8. The fraction of sp³-hybridized carbons (Fsp3) is 0.381. The molecule has 1 aliphatic rings. The first-order valence-corrected chi connectivity index (χ1v) is 11.6. The van der Waals surface area contributed by atoms with Crippen molar-refractivity contribution in [2.75, 3.05) is 0 Å². The van der Waals surface area contributed by atoms with Crippen LogP contribution in [0.2, 0.25) is 0 Å². The van der Waals surface area contributed by atoms with E-state index in [-0.39, 0.29) is 10.1 Å². The molecule has 0 aliphatic carbocycles. The molecule has 0 bridgehead atoms. The molecule has 4 atom stereocenters. The number of sulfonamides is 1. The normalized spacial score (nSPS) is 25.7. The fourth-order valence-corrected chi connectivity index (χ4v) is 7.52. The van der Waals surface area contributed by atoms with Gasteiger partial charge in [0.15, 0.2) is 0 Å². The van der Waals surface area contributed by atoms with E-state index in [0.29, 0.717) is 6.42 Å². The molecule has 1 fully saturated rings. The van der Waals surface area contributed by atoms with Crippen molar-refractivity contribution in [3.63, 3.8) is 0 Å². The number of benzene rings is 2. The van der Waals surface area contributed by atoms with Crippen LogP contribution in [-0.4, -0.2) is 41.1 Å². The van der Waals surface area contributed by atoms with Crippen LogP contribution in [0.5, 0.6) is 0 Å².